The van der Waals surface area contributed by atoms with E-state index in [9.17, 15) is 15.2 Å². The van der Waals surface area contributed by atoms with Crippen LogP contribution in [-0.4, -0.2) is 28.0 Å². The minimum absolute atomic E-state index is 0.0168. The Hall–Kier alpha value is -3.20. The van der Waals surface area contributed by atoms with E-state index >= 15 is 0 Å². The zero-order valence-electron chi connectivity index (χ0n) is 13.3. The first-order valence-electron chi connectivity index (χ1n) is 7.30. The van der Waals surface area contributed by atoms with Crippen molar-refractivity contribution in [3.8, 4) is 11.5 Å². The molecular formula is C16H16N4O4S. The second kappa shape index (κ2) is 8.60. The van der Waals surface area contributed by atoms with Gasteiger partial charge in [-0.2, -0.15) is 5.10 Å². The van der Waals surface area contributed by atoms with Crippen LogP contribution in [0.15, 0.2) is 47.6 Å². The van der Waals surface area contributed by atoms with Crippen LogP contribution < -0.4 is 15.5 Å². The lowest BCUT2D eigenvalue weighted by atomic mass is 10.2. The topological polar surface area (TPSA) is 109 Å². The van der Waals surface area contributed by atoms with Crippen LogP contribution in [0.3, 0.4) is 0 Å². The molecule has 2 aromatic carbocycles. The molecule has 0 atom stereocenters. The largest absolute Gasteiger partial charge is 0.500 e. The van der Waals surface area contributed by atoms with Crippen LogP contribution in [0.2, 0.25) is 0 Å². The summed E-state index contributed by atoms with van der Waals surface area (Å²) < 4.78 is 5.20. The molecule has 3 N–H and O–H groups in total. The monoisotopic (exact) mass is 360 g/mol. The molecule has 9 heteroatoms. The van der Waals surface area contributed by atoms with E-state index < -0.39 is 16.4 Å². The zero-order valence-corrected chi connectivity index (χ0v) is 14.1. The first-order valence-corrected chi connectivity index (χ1v) is 7.71. The summed E-state index contributed by atoms with van der Waals surface area (Å²) in [6, 6.07) is 11.9. The lowest BCUT2D eigenvalue weighted by Gasteiger charge is -2.08. The van der Waals surface area contributed by atoms with E-state index in [4.69, 9.17) is 17.0 Å². The number of nitrogens with one attached hydrogen (secondary N) is 2. The molecule has 0 saturated heterocycles. The molecule has 0 amide bonds. The molecule has 0 aliphatic carbocycles. The molecule has 0 aromatic heterocycles. The van der Waals surface area contributed by atoms with Gasteiger partial charge in [0, 0.05) is 17.3 Å². The highest BCUT2D eigenvalue weighted by molar-refractivity contribution is 7.80. The van der Waals surface area contributed by atoms with Crippen LogP contribution in [0.5, 0.6) is 11.5 Å². The van der Waals surface area contributed by atoms with Gasteiger partial charge in [-0.05, 0) is 37.3 Å². The molecule has 0 heterocycles. The highest BCUT2D eigenvalue weighted by Gasteiger charge is 2.19. The fourth-order valence-electron chi connectivity index (χ4n) is 1.94. The summed E-state index contributed by atoms with van der Waals surface area (Å²) in [5, 5.41) is 28.0. The fourth-order valence-corrected chi connectivity index (χ4v) is 2.11. The van der Waals surface area contributed by atoms with Crippen molar-refractivity contribution < 1.29 is 14.8 Å². The highest BCUT2D eigenvalue weighted by atomic mass is 32.1. The number of nitro groups is 1. The standard InChI is InChI=1S/C16H16N4O4S/c1-2-24-14-9-11(8-13(15(14)21)20(22)23)10-17-19-16(25)18-12-6-4-3-5-7-12/h3-10,21H,2H2,1H3,(H2,18,19,25)/b17-10-. The van der Waals surface area contributed by atoms with Crippen molar-refractivity contribution >= 4 is 34.9 Å². The SMILES string of the molecule is CCOc1cc(/C=N\NC(=S)Nc2ccccc2)cc([N+](=O)[O-])c1O. The third-order valence-electron chi connectivity index (χ3n) is 2.99. The number of phenolic OH excluding ortho intramolecular Hbond substituents is 1. The second-order valence-corrected chi connectivity index (χ2v) is 5.18. The number of benzene rings is 2. The van der Waals surface area contributed by atoms with Crippen molar-refractivity contribution in [2.75, 3.05) is 11.9 Å². The van der Waals surface area contributed by atoms with E-state index in [0.29, 0.717) is 5.56 Å². The number of para-hydroxylation sites is 1. The minimum Gasteiger partial charge on any atom is -0.500 e. The number of hydrogen-bond acceptors (Lipinski definition) is 6. The maximum atomic E-state index is 11.0. The molecule has 0 aliphatic rings. The maximum Gasteiger partial charge on any atom is 0.315 e. The third-order valence-corrected chi connectivity index (χ3v) is 3.18. The van der Waals surface area contributed by atoms with Gasteiger partial charge in [0.1, 0.15) is 0 Å². The number of nitro benzene ring substituents is 1. The summed E-state index contributed by atoms with van der Waals surface area (Å²) in [6.07, 6.45) is 1.34. The molecule has 2 rings (SSSR count). The first kappa shape index (κ1) is 18.1. The summed E-state index contributed by atoms with van der Waals surface area (Å²) in [5.74, 6) is -0.499. The Morgan fingerprint density at radius 3 is 2.76 bits per heavy atom. The van der Waals surface area contributed by atoms with Crippen molar-refractivity contribution in [2.24, 2.45) is 5.10 Å². The van der Waals surface area contributed by atoms with Crippen LogP contribution in [0, 0.1) is 10.1 Å². The van der Waals surface area contributed by atoms with Gasteiger partial charge in [0.15, 0.2) is 10.9 Å². The van der Waals surface area contributed by atoms with Crippen LogP contribution in [0.4, 0.5) is 11.4 Å². The number of nitrogens with zero attached hydrogens (tertiary/aromatic N) is 2. The van der Waals surface area contributed by atoms with Gasteiger partial charge in [0.05, 0.1) is 17.7 Å². The Morgan fingerprint density at radius 2 is 2.12 bits per heavy atom. The van der Waals surface area contributed by atoms with Crippen LogP contribution in [0.1, 0.15) is 12.5 Å². The number of hydrazone groups is 1. The Morgan fingerprint density at radius 1 is 1.40 bits per heavy atom. The number of hydrogen-bond donors (Lipinski definition) is 3. The summed E-state index contributed by atoms with van der Waals surface area (Å²) in [7, 11) is 0. The van der Waals surface area contributed by atoms with Crippen molar-refractivity contribution in [3.63, 3.8) is 0 Å². The summed E-state index contributed by atoms with van der Waals surface area (Å²) in [6.45, 7) is 1.97. The number of aromatic hydroxyl groups is 1. The van der Waals surface area contributed by atoms with E-state index in [1.165, 1.54) is 18.3 Å². The Balaban J connectivity index is 2.09. The molecule has 0 saturated carbocycles. The number of thiocarbonyl (C=S) groups is 1. The maximum absolute atomic E-state index is 11.0. The molecule has 0 fully saturated rings. The highest BCUT2D eigenvalue weighted by Crippen LogP contribution is 2.36. The van der Waals surface area contributed by atoms with E-state index in [-0.39, 0.29) is 17.5 Å². The van der Waals surface area contributed by atoms with Gasteiger partial charge in [-0.25, -0.2) is 0 Å². The molecule has 0 unspecified atom stereocenters. The average Bonchev–Trinajstić information content (AvgIpc) is 2.58. The molecule has 0 bridgehead atoms. The van der Waals surface area contributed by atoms with Crippen molar-refractivity contribution in [3.05, 3.63) is 58.1 Å². The Labute approximate surface area is 149 Å². The zero-order chi connectivity index (χ0) is 18.2. The predicted octanol–water partition coefficient (Wildman–Crippen LogP) is 3.02. The van der Waals surface area contributed by atoms with Crippen molar-refractivity contribution in [1.82, 2.24) is 5.43 Å². The van der Waals surface area contributed by atoms with Crippen molar-refractivity contribution in [2.45, 2.75) is 6.92 Å². The minimum atomic E-state index is -0.690. The van der Waals surface area contributed by atoms with Gasteiger partial charge in [-0.1, -0.05) is 18.2 Å². The van der Waals surface area contributed by atoms with Gasteiger partial charge in [0.2, 0.25) is 5.75 Å². The molecule has 0 aliphatic heterocycles. The molecule has 8 nitrogen and oxygen atoms in total. The van der Waals surface area contributed by atoms with Gasteiger partial charge in [-0.15, -0.1) is 0 Å². The Kier molecular flexibility index (Phi) is 6.24. The lowest BCUT2D eigenvalue weighted by Crippen LogP contribution is -2.23. The number of phenols is 1. The molecule has 2 aromatic rings. The molecule has 130 valence electrons. The quantitative estimate of drug-likeness (QED) is 0.314. The second-order valence-electron chi connectivity index (χ2n) is 4.77. The molecular weight excluding hydrogens is 344 g/mol. The molecule has 25 heavy (non-hydrogen) atoms. The average molecular weight is 360 g/mol. The third kappa shape index (κ3) is 5.15. The first-order chi connectivity index (χ1) is 12.0. The van der Waals surface area contributed by atoms with Crippen LogP contribution in [0.25, 0.3) is 0 Å². The van der Waals surface area contributed by atoms with Crippen LogP contribution in [-0.2, 0) is 0 Å². The van der Waals surface area contributed by atoms with E-state index in [0.717, 1.165) is 5.69 Å². The van der Waals surface area contributed by atoms with Crippen LogP contribution >= 0.6 is 12.2 Å². The number of anilines is 1. The van der Waals surface area contributed by atoms with Gasteiger partial charge in [-0.3, -0.25) is 15.5 Å². The van der Waals surface area contributed by atoms with E-state index in [2.05, 4.69) is 15.8 Å². The van der Waals surface area contributed by atoms with Gasteiger partial charge in [0.25, 0.3) is 0 Å². The summed E-state index contributed by atoms with van der Waals surface area (Å²) in [5.41, 5.74) is 3.33. The normalized spacial score (nSPS) is 10.4. The number of rotatable bonds is 6. The van der Waals surface area contributed by atoms with Gasteiger partial charge >= 0.3 is 5.69 Å². The summed E-state index contributed by atoms with van der Waals surface area (Å²) in [4.78, 5) is 10.3. The Bertz CT molecular complexity index is 796. The molecule has 0 radical (unpaired) electrons. The predicted molar refractivity (Wildman–Crippen MR) is 99.3 cm³/mol. The number of ether oxygens (including phenoxy) is 1. The molecule has 0 spiro atoms. The van der Waals surface area contributed by atoms with E-state index in [1.54, 1.807) is 6.92 Å². The van der Waals surface area contributed by atoms with Gasteiger partial charge < -0.3 is 15.2 Å². The lowest BCUT2D eigenvalue weighted by molar-refractivity contribution is -0.386. The van der Waals surface area contributed by atoms with Crippen molar-refractivity contribution in [1.29, 1.82) is 0 Å². The summed E-state index contributed by atoms with van der Waals surface area (Å²) >= 11 is 5.10. The van der Waals surface area contributed by atoms with E-state index in [1.807, 2.05) is 30.3 Å². The fraction of sp³-hybridized carbons (Fsp3) is 0.125. The smallest absolute Gasteiger partial charge is 0.315 e.